The molecule has 0 spiro atoms. The molecule has 2 aromatic rings. The van der Waals surface area contributed by atoms with E-state index in [0.717, 1.165) is 17.5 Å². The van der Waals surface area contributed by atoms with Crippen LogP contribution in [0, 0.1) is 5.92 Å². The van der Waals surface area contributed by atoms with Gasteiger partial charge in [0.1, 0.15) is 0 Å². The lowest BCUT2D eigenvalue weighted by molar-refractivity contribution is -0.121. The third-order valence-electron chi connectivity index (χ3n) is 3.16. The van der Waals surface area contributed by atoms with E-state index in [9.17, 15) is 9.59 Å². The van der Waals surface area contributed by atoms with E-state index in [0.29, 0.717) is 25.4 Å². The molecule has 0 unspecified atom stereocenters. The van der Waals surface area contributed by atoms with Gasteiger partial charge in [-0.25, -0.2) is 4.79 Å². The van der Waals surface area contributed by atoms with Gasteiger partial charge < -0.3 is 10.3 Å². The number of amides is 1. The summed E-state index contributed by atoms with van der Waals surface area (Å²) < 4.78 is 1.71. The molecule has 0 aliphatic carbocycles. The highest BCUT2D eigenvalue weighted by atomic mass is 16.2. The number of hydrogen-bond donors (Lipinski definition) is 2. The number of aryl methyl sites for hydroxylation is 1. The van der Waals surface area contributed by atoms with Gasteiger partial charge in [-0.15, -0.1) is 0 Å². The van der Waals surface area contributed by atoms with E-state index in [1.165, 1.54) is 0 Å². The molecule has 0 saturated heterocycles. The summed E-state index contributed by atoms with van der Waals surface area (Å²) in [6, 6.07) is 7.62. The Balaban J connectivity index is 1.89. The average Bonchev–Trinajstić information content (AvgIpc) is 2.70. The van der Waals surface area contributed by atoms with Gasteiger partial charge in [0.25, 0.3) is 0 Å². The molecule has 0 radical (unpaired) electrons. The van der Waals surface area contributed by atoms with E-state index in [1.807, 2.05) is 38.1 Å². The second kappa shape index (κ2) is 6.41. The third kappa shape index (κ3) is 3.50. The fraction of sp³-hybridized carbons (Fsp3) is 0.467. The number of rotatable bonds is 6. The zero-order valence-corrected chi connectivity index (χ0v) is 12.0. The molecule has 2 rings (SSSR count). The van der Waals surface area contributed by atoms with Crippen molar-refractivity contribution in [2.45, 2.75) is 33.2 Å². The van der Waals surface area contributed by atoms with E-state index in [1.54, 1.807) is 4.57 Å². The molecule has 5 heteroatoms. The Bertz CT molecular complexity index is 640. The van der Waals surface area contributed by atoms with Crippen molar-refractivity contribution in [2.24, 2.45) is 5.92 Å². The molecule has 1 amide bonds. The molecule has 0 aliphatic heterocycles. The zero-order valence-electron chi connectivity index (χ0n) is 12.0. The summed E-state index contributed by atoms with van der Waals surface area (Å²) >= 11 is 0. The van der Waals surface area contributed by atoms with Crippen molar-refractivity contribution in [1.29, 1.82) is 0 Å². The summed E-state index contributed by atoms with van der Waals surface area (Å²) in [5.41, 5.74) is 1.66. The first-order valence-electron chi connectivity index (χ1n) is 7.02. The molecule has 5 nitrogen and oxygen atoms in total. The molecule has 1 aromatic heterocycles. The second-order valence-corrected chi connectivity index (χ2v) is 5.40. The van der Waals surface area contributed by atoms with Crippen molar-refractivity contribution >= 4 is 16.9 Å². The molecule has 0 fully saturated rings. The topological polar surface area (TPSA) is 66.9 Å². The number of aromatic nitrogens is 2. The number of nitrogens with zero attached hydrogens (tertiary/aromatic N) is 1. The third-order valence-corrected chi connectivity index (χ3v) is 3.16. The monoisotopic (exact) mass is 275 g/mol. The van der Waals surface area contributed by atoms with Crippen LogP contribution in [0.3, 0.4) is 0 Å². The maximum Gasteiger partial charge on any atom is 0.326 e. The largest absolute Gasteiger partial charge is 0.356 e. The number of fused-ring (bicyclic) bond motifs is 1. The standard InChI is InChI=1S/C15H21N3O2/c1-11(2)10-14(19)16-8-5-9-18-13-7-4-3-6-12(13)17-15(18)20/h3-4,6-7,11H,5,8-10H2,1-2H3,(H,16,19)(H,17,20). The van der Waals surface area contributed by atoms with E-state index in [-0.39, 0.29) is 11.6 Å². The number of benzene rings is 1. The molecular weight excluding hydrogens is 254 g/mol. The molecule has 1 aromatic carbocycles. The van der Waals surface area contributed by atoms with Crippen molar-refractivity contribution in [3.05, 3.63) is 34.7 Å². The molecule has 2 N–H and O–H groups in total. The molecule has 0 aliphatic rings. The number of hydrogen-bond acceptors (Lipinski definition) is 2. The number of para-hydroxylation sites is 2. The smallest absolute Gasteiger partial charge is 0.326 e. The predicted octanol–water partition coefficient (Wildman–Crippen LogP) is 1.88. The molecule has 108 valence electrons. The summed E-state index contributed by atoms with van der Waals surface area (Å²) in [4.78, 5) is 26.2. The predicted molar refractivity (Wildman–Crippen MR) is 79.6 cm³/mol. The maximum absolute atomic E-state index is 11.8. The van der Waals surface area contributed by atoms with E-state index in [4.69, 9.17) is 0 Å². The summed E-state index contributed by atoms with van der Waals surface area (Å²) in [5, 5.41) is 2.88. The van der Waals surface area contributed by atoms with Crippen LogP contribution in [-0.2, 0) is 11.3 Å². The number of nitrogens with one attached hydrogen (secondary N) is 2. The van der Waals surface area contributed by atoms with Crippen LogP contribution in [0.25, 0.3) is 11.0 Å². The van der Waals surface area contributed by atoms with Crippen molar-refractivity contribution < 1.29 is 4.79 Å². The number of carbonyl (C=O) groups excluding carboxylic acids is 1. The Morgan fingerprint density at radius 2 is 2.10 bits per heavy atom. The number of carbonyl (C=O) groups is 1. The quantitative estimate of drug-likeness (QED) is 0.790. The lowest BCUT2D eigenvalue weighted by atomic mass is 10.1. The van der Waals surface area contributed by atoms with Gasteiger partial charge in [0.05, 0.1) is 11.0 Å². The minimum absolute atomic E-state index is 0.0753. The van der Waals surface area contributed by atoms with E-state index >= 15 is 0 Å². The van der Waals surface area contributed by atoms with E-state index in [2.05, 4.69) is 10.3 Å². The van der Waals surface area contributed by atoms with Crippen LogP contribution in [-0.4, -0.2) is 22.0 Å². The average molecular weight is 275 g/mol. The lowest BCUT2D eigenvalue weighted by Crippen LogP contribution is -2.27. The molecule has 20 heavy (non-hydrogen) atoms. The minimum atomic E-state index is -0.0975. The first kappa shape index (κ1) is 14.4. The Kier molecular flexibility index (Phi) is 4.61. The first-order chi connectivity index (χ1) is 9.58. The Morgan fingerprint density at radius 3 is 2.85 bits per heavy atom. The number of imidazole rings is 1. The second-order valence-electron chi connectivity index (χ2n) is 5.40. The number of aromatic amines is 1. The van der Waals surface area contributed by atoms with Crippen molar-refractivity contribution in [2.75, 3.05) is 6.54 Å². The van der Waals surface area contributed by atoms with Gasteiger partial charge in [0.2, 0.25) is 5.91 Å². The normalized spacial score (nSPS) is 11.2. The van der Waals surface area contributed by atoms with Crippen molar-refractivity contribution in [1.82, 2.24) is 14.9 Å². The fourth-order valence-electron chi connectivity index (χ4n) is 2.24. The van der Waals surface area contributed by atoms with Gasteiger partial charge in [-0.1, -0.05) is 26.0 Å². The molecule has 1 heterocycles. The van der Waals surface area contributed by atoms with Gasteiger partial charge in [-0.2, -0.15) is 0 Å². The minimum Gasteiger partial charge on any atom is -0.356 e. The highest BCUT2D eigenvalue weighted by molar-refractivity contribution is 5.76. The summed E-state index contributed by atoms with van der Waals surface area (Å²) in [6.07, 6.45) is 1.29. The van der Waals surface area contributed by atoms with Crippen LogP contribution in [0.4, 0.5) is 0 Å². The van der Waals surface area contributed by atoms with Gasteiger partial charge in [-0.3, -0.25) is 9.36 Å². The van der Waals surface area contributed by atoms with Crippen molar-refractivity contribution in [3.63, 3.8) is 0 Å². The first-order valence-corrected chi connectivity index (χ1v) is 7.02. The van der Waals surface area contributed by atoms with Crippen LogP contribution in [0.1, 0.15) is 26.7 Å². The highest BCUT2D eigenvalue weighted by Crippen LogP contribution is 2.09. The van der Waals surface area contributed by atoms with Crippen LogP contribution < -0.4 is 11.0 Å². The highest BCUT2D eigenvalue weighted by Gasteiger charge is 2.06. The SMILES string of the molecule is CC(C)CC(=O)NCCCn1c(=O)[nH]c2ccccc21. The van der Waals surface area contributed by atoms with Gasteiger partial charge in [-0.05, 0) is 24.5 Å². The van der Waals surface area contributed by atoms with Gasteiger partial charge in [0.15, 0.2) is 0 Å². The van der Waals surface area contributed by atoms with Gasteiger partial charge in [0, 0.05) is 19.5 Å². The van der Waals surface area contributed by atoms with Crippen LogP contribution >= 0.6 is 0 Å². The van der Waals surface area contributed by atoms with Crippen LogP contribution in [0.2, 0.25) is 0 Å². The fourth-order valence-corrected chi connectivity index (χ4v) is 2.24. The van der Waals surface area contributed by atoms with Crippen molar-refractivity contribution in [3.8, 4) is 0 Å². The zero-order chi connectivity index (χ0) is 14.5. The van der Waals surface area contributed by atoms with Crippen LogP contribution in [0.5, 0.6) is 0 Å². The summed E-state index contributed by atoms with van der Waals surface area (Å²) in [7, 11) is 0. The molecule has 0 atom stereocenters. The van der Waals surface area contributed by atoms with E-state index < -0.39 is 0 Å². The Labute approximate surface area is 118 Å². The lowest BCUT2D eigenvalue weighted by Gasteiger charge is -2.07. The Morgan fingerprint density at radius 1 is 1.35 bits per heavy atom. The summed E-state index contributed by atoms with van der Waals surface area (Å²) in [6.45, 7) is 5.23. The van der Waals surface area contributed by atoms with Crippen LogP contribution in [0.15, 0.2) is 29.1 Å². The summed E-state index contributed by atoms with van der Waals surface area (Å²) in [5.74, 6) is 0.442. The molecular formula is C15H21N3O2. The molecule has 0 saturated carbocycles. The Hall–Kier alpha value is -2.04. The van der Waals surface area contributed by atoms with Gasteiger partial charge >= 0.3 is 5.69 Å². The maximum atomic E-state index is 11.8. The number of H-pyrrole nitrogens is 1. The molecule has 0 bridgehead atoms.